The van der Waals surface area contributed by atoms with E-state index in [-0.39, 0.29) is 36.1 Å². The van der Waals surface area contributed by atoms with Gasteiger partial charge in [0.15, 0.2) is 0 Å². The SMILES string of the molecule is CCCCCC(=O)OC1C=C(c2ccc(-c3cc(Br)c(-c4ccc(C5=CC(OC(=O)CCCCC)CCC5OC(=O)CCCCC)cc4)cc3Br)cc2)C(OC(=O)CCCCC)CC1. The molecule has 0 spiro atoms. The average molecular weight is 1000 g/mol. The maximum atomic E-state index is 12.9. The summed E-state index contributed by atoms with van der Waals surface area (Å²) in [5.41, 5.74) is 7.58. The first-order chi connectivity index (χ1) is 31.0. The van der Waals surface area contributed by atoms with Gasteiger partial charge in [-0.15, -0.1) is 0 Å². The van der Waals surface area contributed by atoms with E-state index < -0.39 is 12.2 Å². The van der Waals surface area contributed by atoms with Crippen LogP contribution in [0.5, 0.6) is 0 Å². The Hall–Kier alpha value is -4.02. The first kappa shape index (κ1) is 51.0. The van der Waals surface area contributed by atoms with Crippen LogP contribution in [-0.4, -0.2) is 48.3 Å². The lowest BCUT2D eigenvalue weighted by atomic mass is 9.88. The monoisotopic (exact) mass is 1000 g/mol. The summed E-state index contributed by atoms with van der Waals surface area (Å²) < 4.78 is 25.7. The first-order valence-electron chi connectivity index (χ1n) is 23.9. The fourth-order valence-corrected chi connectivity index (χ4v) is 9.51. The summed E-state index contributed by atoms with van der Waals surface area (Å²) in [4.78, 5) is 51.1. The van der Waals surface area contributed by atoms with Crippen LogP contribution >= 0.6 is 31.9 Å². The second-order valence-corrected chi connectivity index (χ2v) is 18.9. The van der Waals surface area contributed by atoms with Crippen molar-refractivity contribution in [1.82, 2.24) is 0 Å². The van der Waals surface area contributed by atoms with E-state index in [0.29, 0.717) is 51.4 Å². The molecule has 3 aromatic rings. The number of rotatable bonds is 24. The number of ether oxygens (including phenoxy) is 4. The van der Waals surface area contributed by atoms with Crippen molar-refractivity contribution in [3.63, 3.8) is 0 Å². The number of benzene rings is 3. The molecule has 4 unspecified atom stereocenters. The Balaban J connectivity index is 1.35. The molecule has 0 saturated heterocycles. The van der Waals surface area contributed by atoms with Crippen molar-refractivity contribution >= 4 is 66.9 Å². The molecule has 0 radical (unpaired) electrons. The zero-order valence-corrected chi connectivity index (χ0v) is 41.6. The maximum Gasteiger partial charge on any atom is 0.306 e. The van der Waals surface area contributed by atoms with Crippen LogP contribution in [0.3, 0.4) is 0 Å². The number of unbranched alkanes of at least 4 members (excludes halogenated alkanes) is 8. The molecule has 2 aliphatic carbocycles. The lowest BCUT2D eigenvalue weighted by Gasteiger charge is -2.29. The van der Waals surface area contributed by atoms with Crippen LogP contribution in [0, 0.1) is 0 Å². The summed E-state index contributed by atoms with van der Waals surface area (Å²) >= 11 is 7.73. The van der Waals surface area contributed by atoms with Gasteiger partial charge in [0.2, 0.25) is 0 Å². The van der Waals surface area contributed by atoms with Crippen molar-refractivity contribution in [2.45, 2.75) is 181 Å². The van der Waals surface area contributed by atoms with Gasteiger partial charge in [0.25, 0.3) is 0 Å². The molecular weight excluding hydrogens is 936 g/mol. The third-order valence-corrected chi connectivity index (χ3v) is 13.3. The molecule has 0 fully saturated rings. The van der Waals surface area contributed by atoms with Crippen molar-refractivity contribution in [2.75, 3.05) is 0 Å². The van der Waals surface area contributed by atoms with E-state index in [1.165, 1.54) is 0 Å². The van der Waals surface area contributed by atoms with E-state index >= 15 is 0 Å². The van der Waals surface area contributed by atoms with E-state index in [0.717, 1.165) is 131 Å². The van der Waals surface area contributed by atoms with Gasteiger partial charge in [-0.25, -0.2) is 0 Å². The largest absolute Gasteiger partial charge is 0.458 e. The number of halogens is 2. The number of carbonyl (C=O) groups is 4. The van der Waals surface area contributed by atoms with E-state index in [2.05, 4.69) is 96.0 Å². The first-order valence-corrected chi connectivity index (χ1v) is 25.5. The molecule has 4 atom stereocenters. The molecule has 3 aromatic carbocycles. The average Bonchev–Trinajstić information content (AvgIpc) is 3.28. The highest BCUT2D eigenvalue weighted by molar-refractivity contribution is 9.11. The minimum atomic E-state index is -0.410. The van der Waals surface area contributed by atoms with Crippen LogP contribution in [-0.2, 0) is 38.1 Å². The molecule has 8 nitrogen and oxygen atoms in total. The normalized spacial score (nSPS) is 18.4. The molecule has 0 amide bonds. The van der Waals surface area contributed by atoms with Crippen LogP contribution in [0.1, 0.15) is 167 Å². The molecule has 0 aromatic heterocycles. The molecule has 5 rings (SSSR count). The number of hydrogen-bond acceptors (Lipinski definition) is 8. The van der Waals surface area contributed by atoms with Gasteiger partial charge in [0.05, 0.1) is 0 Å². The molecule has 346 valence electrons. The Bertz CT molecular complexity index is 1910. The zero-order chi connectivity index (χ0) is 45.8. The van der Waals surface area contributed by atoms with Gasteiger partial charge >= 0.3 is 23.9 Å². The smallest absolute Gasteiger partial charge is 0.306 e. The van der Waals surface area contributed by atoms with Crippen molar-refractivity contribution in [1.29, 1.82) is 0 Å². The van der Waals surface area contributed by atoms with Crippen molar-refractivity contribution in [2.24, 2.45) is 0 Å². The number of hydrogen-bond donors (Lipinski definition) is 0. The molecule has 0 bridgehead atoms. The van der Waals surface area contributed by atoms with Gasteiger partial charge in [-0.1, -0.05) is 159 Å². The van der Waals surface area contributed by atoms with Gasteiger partial charge in [0.1, 0.15) is 24.4 Å². The molecule has 0 heterocycles. The van der Waals surface area contributed by atoms with Crippen LogP contribution in [0.2, 0.25) is 0 Å². The molecule has 0 saturated carbocycles. The van der Waals surface area contributed by atoms with Crippen LogP contribution in [0.25, 0.3) is 33.4 Å². The minimum Gasteiger partial charge on any atom is -0.458 e. The van der Waals surface area contributed by atoms with E-state index in [1.54, 1.807) is 0 Å². The summed E-state index contributed by atoms with van der Waals surface area (Å²) in [6.45, 7) is 8.45. The lowest BCUT2D eigenvalue weighted by Crippen LogP contribution is -2.28. The Labute approximate surface area is 398 Å². The van der Waals surface area contributed by atoms with Crippen LogP contribution in [0.15, 0.2) is 81.8 Å². The highest BCUT2D eigenvalue weighted by atomic mass is 79.9. The summed E-state index contributed by atoms with van der Waals surface area (Å²) in [7, 11) is 0. The molecule has 0 aliphatic heterocycles. The van der Waals surface area contributed by atoms with E-state index in [4.69, 9.17) is 18.9 Å². The Morgan fingerprint density at radius 2 is 0.734 bits per heavy atom. The Morgan fingerprint density at radius 3 is 1.05 bits per heavy atom. The predicted molar refractivity (Wildman–Crippen MR) is 263 cm³/mol. The van der Waals surface area contributed by atoms with Crippen molar-refractivity contribution < 1.29 is 38.1 Å². The third kappa shape index (κ3) is 15.6. The van der Waals surface area contributed by atoms with E-state index in [1.807, 2.05) is 36.4 Å². The standard InChI is InChI=1S/C54H68Br2O8/c1-5-9-13-17-51(57)61-41-29-31-49(63-53(59)19-15-11-7-3)45(33-41)39-25-21-37(22-26-39)43-35-48(56)44(36-47(43)55)38-23-27-40(28-24-38)46-34-42(62-52(58)18-14-10-6-2)30-32-50(46)64-54(60)20-16-12-8-4/h21-28,33-36,41-42,49-50H,5-20,29-32H2,1-4H3. The molecule has 10 heteroatoms. The van der Waals surface area contributed by atoms with Gasteiger partial charge in [-0.2, -0.15) is 0 Å². The fraction of sp³-hybridized carbons (Fsp3) is 0.519. The minimum absolute atomic E-state index is 0.189. The summed E-state index contributed by atoms with van der Waals surface area (Å²) in [5, 5.41) is 0. The van der Waals surface area contributed by atoms with Gasteiger partial charge in [-0.3, -0.25) is 19.2 Å². The van der Waals surface area contributed by atoms with Gasteiger partial charge in [-0.05, 0) is 120 Å². The zero-order valence-electron chi connectivity index (χ0n) is 38.4. The number of esters is 4. The molecule has 2 aliphatic rings. The Kier molecular flexibility index (Phi) is 21.4. The van der Waals surface area contributed by atoms with Crippen molar-refractivity contribution in [3.05, 3.63) is 92.9 Å². The number of carbonyl (C=O) groups excluding carboxylic acids is 4. The van der Waals surface area contributed by atoms with Crippen LogP contribution in [0.4, 0.5) is 0 Å². The molecular formula is C54H68Br2O8. The lowest BCUT2D eigenvalue weighted by molar-refractivity contribution is -0.151. The molecule has 0 N–H and O–H groups in total. The topological polar surface area (TPSA) is 105 Å². The Morgan fingerprint density at radius 1 is 0.438 bits per heavy atom. The van der Waals surface area contributed by atoms with Crippen molar-refractivity contribution in [3.8, 4) is 22.3 Å². The summed E-state index contributed by atoms with van der Waals surface area (Å²) in [5.74, 6) is -0.771. The van der Waals surface area contributed by atoms with Crippen LogP contribution < -0.4 is 0 Å². The van der Waals surface area contributed by atoms with Gasteiger partial charge in [0, 0.05) is 34.6 Å². The highest BCUT2D eigenvalue weighted by Crippen LogP contribution is 2.40. The van der Waals surface area contributed by atoms with E-state index in [9.17, 15) is 19.2 Å². The van der Waals surface area contributed by atoms with Gasteiger partial charge < -0.3 is 18.9 Å². The third-order valence-electron chi connectivity index (χ3n) is 12.0. The fourth-order valence-electron chi connectivity index (χ4n) is 8.36. The molecule has 64 heavy (non-hydrogen) atoms. The quantitative estimate of drug-likeness (QED) is 0.0496. The highest BCUT2D eigenvalue weighted by Gasteiger charge is 2.31. The second kappa shape index (κ2) is 26.8. The maximum absolute atomic E-state index is 12.9. The summed E-state index contributed by atoms with van der Waals surface area (Å²) in [6.07, 6.45) is 17.7. The predicted octanol–water partition coefficient (Wildman–Crippen LogP) is 14.9. The summed E-state index contributed by atoms with van der Waals surface area (Å²) in [6, 6.07) is 20.7. The second-order valence-electron chi connectivity index (χ2n) is 17.2.